The van der Waals surface area contributed by atoms with Crippen molar-refractivity contribution in [3.63, 3.8) is 0 Å². The molecule has 1 aliphatic rings. The second kappa shape index (κ2) is 9.30. The Morgan fingerprint density at radius 2 is 1.81 bits per heavy atom. The second-order valence-electron chi connectivity index (χ2n) is 8.84. The summed E-state index contributed by atoms with van der Waals surface area (Å²) in [4.78, 5) is 15.0. The molecule has 6 nitrogen and oxygen atoms in total. The Morgan fingerprint density at radius 3 is 2.42 bits per heavy atom. The third kappa shape index (κ3) is 6.00. The lowest BCUT2D eigenvalue weighted by molar-refractivity contribution is 0.00695. The summed E-state index contributed by atoms with van der Waals surface area (Å²) in [6.07, 6.45) is 1.46. The summed E-state index contributed by atoms with van der Waals surface area (Å²) >= 11 is 0. The van der Waals surface area contributed by atoms with Crippen LogP contribution >= 0.6 is 0 Å². The number of nitrogens with zero attached hydrogens (tertiary/aromatic N) is 2. The van der Waals surface area contributed by atoms with E-state index in [0.717, 1.165) is 17.7 Å². The van der Waals surface area contributed by atoms with Gasteiger partial charge in [0.2, 0.25) is 10.0 Å². The quantitative estimate of drug-likeness (QED) is 0.609. The Kier molecular flexibility index (Phi) is 6.94. The number of hydrogen-bond acceptors (Lipinski definition) is 5. The molecule has 0 atom stereocenters. The number of anilines is 2. The summed E-state index contributed by atoms with van der Waals surface area (Å²) in [5, 5.41) is 0. The first-order chi connectivity index (χ1) is 14.6. The highest BCUT2D eigenvalue weighted by molar-refractivity contribution is 7.92. The Morgan fingerprint density at radius 1 is 1.10 bits per heavy atom. The number of carbonyl (C=O) groups excluding carboxylic acids is 1. The van der Waals surface area contributed by atoms with Crippen LogP contribution in [0.5, 0.6) is 0 Å². The largest absolute Gasteiger partial charge is 0.456 e. The average molecular weight is 445 g/mol. The van der Waals surface area contributed by atoms with Gasteiger partial charge in [-0.15, -0.1) is 0 Å². The molecule has 1 aliphatic heterocycles. The highest BCUT2D eigenvalue weighted by atomic mass is 32.2. The van der Waals surface area contributed by atoms with Crippen LogP contribution in [0, 0.1) is 0 Å². The predicted octanol–water partition coefficient (Wildman–Crippen LogP) is 4.60. The molecule has 2 aromatic carbocycles. The van der Waals surface area contributed by atoms with E-state index in [9.17, 15) is 13.2 Å². The predicted molar refractivity (Wildman–Crippen MR) is 125 cm³/mol. The van der Waals surface area contributed by atoms with Crippen LogP contribution in [-0.4, -0.2) is 38.8 Å². The zero-order chi connectivity index (χ0) is 22.6. The molecule has 31 heavy (non-hydrogen) atoms. The van der Waals surface area contributed by atoms with Crippen LogP contribution in [-0.2, 0) is 21.3 Å². The van der Waals surface area contributed by atoms with Crippen LogP contribution in [0.1, 0.15) is 56.5 Å². The lowest BCUT2D eigenvalue weighted by Crippen LogP contribution is -2.38. The van der Waals surface area contributed by atoms with E-state index < -0.39 is 21.6 Å². The minimum absolute atomic E-state index is 0.126. The third-order valence-corrected chi connectivity index (χ3v) is 7.01. The Labute approximate surface area is 185 Å². The SMILES string of the molecule is CCN(Cc1ccccc1)c1cc(C(=O)OC(C)(C)C)cc(N2CCCCS2(=O)=O)c1. The summed E-state index contributed by atoms with van der Waals surface area (Å²) in [5.74, 6) is -0.332. The molecule has 0 aromatic heterocycles. The van der Waals surface area contributed by atoms with Crippen molar-refractivity contribution >= 4 is 27.4 Å². The van der Waals surface area contributed by atoms with Crippen LogP contribution < -0.4 is 9.21 Å². The molecular weight excluding hydrogens is 412 g/mol. The first-order valence-corrected chi connectivity index (χ1v) is 12.4. The molecule has 3 rings (SSSR count). The first kappa shape index (κ1) is 23.1. The van der Waals surface area contributed by atoms with Gasteiger partial charge in [-0.25, -0.2) is 13.2 Å². The van der Waals surface area contributed by atoms with Crippen molar-refractivity contribution in [3.8, 4) is 0 Å². The molecule has 1 saturated heterocycles. The number of carbonyl (C=O) groups is 1. The molecule has 0 bridgehead atoms. The van der Waals surface area contributed by atoms with Crippen LogP contribution in [0.2, 0.25) is 0 Å². The van der Waals surface area contributed by atoms with E-state index in [4.69, 9.17) is 4.74 Å². The summed E-state index contributed by atoms with van der Waals surface area (Å²) in [6, 6.07) is 15.4. The van der Waals surface area contributed by atoms with Gasteiger partial charge in [0.05, 0.1) is 17.0 Å². The highest BCUT2D eigenvalue weighted by Crippen LogP contribution is 2.31. The van der Waals surface area contributed by atoms with Crippen molar-refractivity contribution in [2.75, 3.05) is 28.0 Å². The minimum Gasteiger partial charge on any atom is -0.456 e. The molecule has 7 heteroatoms. The second-order valence-corrected chi connectivity index (χ2v) is 10.8. The molecule has 0 spiro atoms. The zero-order valence-electron chi connectivity index (χ0n) is 18.8. The lowest BCUT2D eigenvalue weighted by Gasteiger charge is -2.31. The van der Waals surface area contributed by atoms with E-state index in [1.165, 1.54) is 4.31 Å². The number of ether oxygens (including phenoxy) is 1. The van der Waals surface area contributed by atoms with Crippen molar-refractivity contribution in [2.45, 2.75) is 52.7 Å². The van der Waals surface area contributed by atoms with Gasteiger partial charge in [0.1, 0.15) is 5.60 Å². The maximum atomic E-state index is 12.9. The van der Waals surface area contributed by atoms with Crippen LogP contribution in [0.3, 0.4) is 0 Å². The molecule has 0 amide bonds. The Hall–Kier alpha value is -2.54. The third-order valence-electron chi connectivity index (χ3n) is 5.14. The Balaban J connectivity index is 2.04. The molecule has 0 aliphatic carbocycles. The molecule has 0 radical (unpaired) electrons. The number of sulfonamides is 1. The van der Waals surface area contributed by atoms with Gasteiger partial charge >= 0.3 is 5.97 Å². The monoisotopic (exact) mass is 444 g/mol. The van der Waals surface area contributed by atoms with Crippen molar-refractivity contribution < 1.29 is 17.9 Å². The summed E-state index contributed by atoms with van der Waals surface area (Å²) in [7, 11) is -3.40. The topological polar surface area (TPSA) is 66.9 Å². The fourth-order valence-electron chi connectivity index (χ4n) is 3.64. The van der Waals surface area contributed by atoms with E-state index >= 15 is 0 Å². The maximum Gasteiger partial charge on any atom is 0.338 e. The van der Waals surface area contributed by atoms with Gasteiger partial charge in [-0.05, 0) is 64.3 Å². The van der Waals surface area contributed by atoms with Gasteiger partial charge in [-0.3, -0.25) is 4.31 Å². The number of rotatable bonds is 6. The van der Waals surface area contributed by atoms with Gasteiger partial charge in [-0.2, -0.15) is 0 Å². The van der Waals surface area contributed by atoms with E-state index in [1.807, 2.05) is 52.0 Å². The van der Waals surface area contributed by atoms with Gasteiger partial charge < -0.3 is 9.64 Å². The standard InChI is InChI=1S/C24H32N2O4S/c1-5-25(18-19-11-7-6-8-12-19)21-15-20(23(27)30-24(2,3)4)16-22(17-21)26-13-9-10-14-31(26,28)29/h6-8,11-12,15-17H,5,9-10,13-14,18H2,1-4H3. The van der Waals surface area contributed by atoms with Crippen LogP contribution in [0.4, 0.5) is 11.4 Å². The van der Waals surface area contributed by atoms with Crippen molar-refractivity contribution in [1.29, 1.82) is 0 Å². The fraction of sp³-hybridized carbons (Fsp3) is 0.458. The fourth-order valence-corrected chi connectivity index (χ4v) is 5.27. The maximum absolute atomic E-state index is 12.9. The number of esters is 1. The van der Waals surface area contributed by atoms with E-state index in [1.54, 1.807) is 12.1 Å². The van der Waals surface area contributed by atoms with Crippen molar-refractivity contribution in [3.05, 3.63) is 59.7 Å². The first-order valence-electron chi connectivity index (χ1n) is 10.8. The Bertz CT molecular complexity index is 1010. The minimum atomic E-state index is -3.40. The van der Waals surface area contributed by atoms with Gasteiger partial charge in [-0.1, -0.05) is 30.3 Å². The normalized spacial score (nSPS) is 16.1. The van der Waals surface area contributed by atoms with E-state index in [-0.39, 0.29) is 5.75 Å². The van der Waals surface area contributed by atoms with Crippen LogP contribution in [0.25, 0.3) is 0 Å². The van der Waals surface area contributed by atoms with E-state index in [0.29, 0.717) is 37.3 Å². The number of hydrogen-bond donors (Lipinski definition) is 0. The van der Waals surface area contributed by atoms with Gasteiger partial charge in [0.25, 0.3) is 0 Å². The van der Waals surface area contributed by atoms with Crippen LogP contribution in [0.15, 0.2) is 48.5 Å². The van der Waals surface area contributed by atoms with Crippen molar-refractivity contribution in [1.82, 2.24) is 0 Å². The molecule has 1 heterocycles. The molecule has 0 N–H and O–H groups in total. The summed E-state index contributed by atoms with van der Waals surface area (Å²) in [5.41, 5.74) is 2.17. The lowest BCUT2D eigenvalue weighted by atomic mass is 10.1. The zero-order valence-corrected chi connectivity index (χ0v) is 19.6. The number of benzene rings is 2. The molecule has 168 valence electrons. The summed E-state index contributed by atoms with van der Waals surface area (Å²) in [6.45, 7) is 9.28. The molecule has 2 aromatic rings. The van der Waals surface area contributed by atoms with Gasteiger partial charge in [0, 0.05) is 25.3 Å². The van der Waals surface area contributed by atoms with Crippen molar-refractivity contribution in [2.24, 2.45) is 0 Å². The molecule has 0 saturated carbocycles. The molecule has 0 unspecified atom stereocenters. The highest BCUT2D eigenvalue weighted by Gasteiger charge is 2.28. The summed E-state index contributed by atoms with van der Waals surface area (Å²) < 4.78 is 32.5. The molecule has 1 fully saturated rings. The average Bonchev–Trinajstić information content (AvgIpc) is 2.71. The van der Waals surface area contributed by atoms with Gasteiger partial charge in [0.15, 0.2) is 0 Å². The van der Waals surface area contributed by atoms with E-state index in [2.05, 4.69) is 17.0 Å². The molecular formula is C24H32N2O4S. The smallest absolute Gasteiger partial charge is 0.338 e.